The van der Waals surface area contributed by atoms with E-state index >= 15 is 0 Å². The molecule has 1 fully saturated rings. The Morgan fingerprint density at radius 3 is 3.00 bits per heavy atom. The Morgan fingerprint density at radius 1 is 1.61 bits per heavy atom. The van der Waals surface area contributed by atoms with Crippen molar-refractivity contribution in [1.29, 1.82) is 0 Å². The fourth-order valence-electron chi connectivity index (χ4n) is 2.71. The van der Waals surface area contributed by atoms with E-state index in [4.69, 9.17) is 16.2 Å². The predicted octanol–water partition coefficient (Wildman–Crippen LogP) is -2.33. The summed E-state index contributed by atoms with van der Waals surface area (Å²) in [5.74, 6) is 5.27. The number of nitrogen functional groups attached to an aromatic ring is 1. The van der Waals surface area contributed by atoms with Crippen LogP contribution in [0.5, 0.6) is 0 Å². The molecule has 122 valence electrons. The standard InChI is InChI=1S/C13H16N6O4/c1-2-3-13(15)8(21)6(4-20)23-11(13)19-5-16-7-9(19)17-12(14)18-10(7)22/h5-6,8,11,20-21H,4,15H2,1H3,(H3,14,17,18,22)/t6-,8+,11-,13?/m1/s1. The van der Waals surface area contributed by atoms with Crippen molar-refractivity contribution in [1.82, 2.24) is 19.5 Å². The van der Waals surface area contributed by atoms with Gasteiger partial charge in [-0.15, -0.1) is 5.92 Å². The highest BCUT2D eigenvalue weighted by Crippen LogP contribution is 2.37. The Morgan fingerprint density at radius 2 is 2.35 bits per heavy atom. The lowest BCUT2D eigenvalue weighted by molar-refractivity contribution is -0.0447. The van der Waals surface area contributed by atoms with Crippen LogP contribution in [0, 0.1) is 11.8 Å². The molecular weight excluding hydrogens is 304 g/mol. The molecule has 1 saturated heterocycles. The summed E-state index contributed by atoms with van der Waals surface area (Å²) in [6.07, 6.45) is -1.85. The Kier molecular flexibility index (Phi) is 3.57. The summed E-state index contributed by atoms with van der Waals surface area (Å²) in [6, 6.07) is 0. The van der Waals surface area contributed by atoms with Crippen LogP contribution in [0.15, 0.2) is 11.1 Å². The van der Waals surface area contributed by atoms with Gasteiger partial charge < -0.3 is 26.4 Å². The third-order valence-electron chi connectivity index (χ3n) is 3.78. The van der Waals surface area contributed by atoms with Crippen LogP contribution in [-0.2, 0) is 4.74 Å². The maximum Gasteiger partial charge on any atom is 0.280 e. The Balaban J connectivity index is 2.20. The van der Waals surface area contributed by atoms with Crippen molar-refractivity contribution in [3.63, 3.8) is 0 Å². The number of hydrogen-bond donors (Lipinski definition) is 5. The van der Waals surface area contributed by atoms with Crippen LogP contribution in [0.25, 0.3) is 11.2 Å². The molecule has 3 rings (SSSR count). The van der Waals surface area contributed by atoms with Crippen LogP contribution < -0.4 is 17.0 Å². The van der Waals surface area contributed by atoms with Gasteiger partial charge in [0.1, 0.15) is 12.2 Å². The van der Waals surface area contributed by atoms with Crippen LogP contribution in [-0.4, -0.2) is 54.1 Å². The second-order valence-electron chi connectivity index (χ2n) is 5.24. The molecule has 0 aliphatic carbocycles. The number of aliphatic hydroxyl groups is 2. The molecule has 3 heterocycles. The lowest BCUT2D eigenvalue weighted by atomic mass is 9.91. The van der Waals surface area contributed by atoms with Crippen LogP contribution in [0.4, 0.5) is 5.95 Å². The van der Waals surface area contributed by atoms with E-state index in [-0.39, 0.29) is 17.1 Å². The van der Waals surface area contributed by atoms with Crippen molar-refractivity contribution in [2.45, 2.75) is 30.9 Å². The third-order valence-corrected chi connectivity index (χ3v) is 3.78. The zero-order valence-electron chi connectivity index (χ0n) is 12.2. The molecule has 1 unspecified atom stereocenters. The highest BCUT2D eigenvalue weighted by atomic mass is 16.5. The van der Waals surface area contributed by atoms with Gasteiger partial charge in [-0.2, -0.15) is 4.98 Å². The number of nitrogens with zero attached hydrogens (tertiary/aromatic N) is 3. The second kappa shape index (κ2) is 5.32. The number of aliphatic hydroxyl groups excluding tert-OH is 2. The molecule has 0 saturated carbocycles. The number of nitrogens with one attached hydrogen (secondary N) is 1. The molecule has 2 aromatic rings. The van der Waals surface area contributed by atoms with Gasteiger partial charge in [-0.3, -0.25) is 14.3 Å². The zero-order valence-corrected chi connectivity index (χ0v) is 12.2. The number of ether oxygens (including phenoxy) is 1. The molecule has 0 radical (unpaired) electrons. The van der Waals surface area contributed by atoms with Gasteiger partial charge in [0.2, 0.25) is 5.95 Å². The highest BCUT2D eigenvalue weighted by Gasteiger charge is 2.54. The van der Waals surface area contributed by atoms with E-state index in [9.17, 15) is 15.0 Å². The molecule has 10 heteroatoms. The van der Waals surface area contributed by atoms with E-state index in [2.05, 4.69) is 26.8 Å². The van der Waals surface area contributed by atoms with Crippen LogP contribution in [0.3, 0.4) is 0 Å². The van der Waals surface area contributed by atoms with Gasteiger partial charge in [0.25, 0.3) is 5.56 Å². The zero-order chi connectivity index (χ0) is 16.8. The maximum absolute atomic E-state index is 11.9. The topological polar surface area (TPSA) is 165 Å². The normalized spacial score (nSPS) is 30.3. The minimum absolute atomic E-state index is 0.0524. The number of nitrogens with two attached hydrogens (primary N) is 2. The summed E-state index contributed by atoms with van der Waals surface area (Å²) in [6.45, 7) is 1.13. The number of aromatic amines is 1. The van der Waals surface area contributed by atoms with Crippen molar-refractivity contribution in [2.75, 3.05) is 12.3 Å². The summed E-state index contributed by atoms with van der Waals surface area (Å²) < 4.78 is 7.00. The predicted molar refractivity (Wildman–Crippen MR) is 79.9 cm³/mol. The Hall–Kier alpha value is -2.45. The largest absolute Gasteiger partial charge is 0.394 e. The first-order valence-corrected chi connectivity index (χ1v) is 6.82. The number of anilines is 1. The fraction of sp³-hybridized carbons (Fsp3) is 0.462. The summed E-state index contributed by atoms with van der Waals surface area (Å²) in [5, 5.41) is 19.7. The number of hydrogen-bond acceptors (Lipinski definition) is 8. The van der Waals surface area contributed by atoms with Crippen molar-refractivity contribution < 1.29 is 14.9 Å². The number of imidazole rings is 1. The molecule has 0 spiro atoms. The van der Waals surface area contributed by atoms with Gasteiger partial charge in [0, 0.05) is 0 Å². The molecule has 7 N–H and O–H groups in total. The first-order chi connectivity index (χ1) is 10.9. The average Bonchev–Trinajstić information content (AvgIpc) is 3.01. The molecule has 1 aliphatic rings. The van der Waals surface area contributed by atoms with Gasteiger partial charge in [0.05, 0.1) is 12.9 Å². The first-order valence-electron chi connectivity index (χ1n) is 6.82. The van der Waals surface area contributed by atoms with Crippen LogP contribution >= 0.6 is 0 Å². The Bertz CT molecular complexity index is 865. The van der Waals surface area contributed by atoms with Gasteiger partial charge in [0.15, 0.2) is 22.9 Å². The molecule has 0 aromatic carbocycles. The minimum Gasteiger partial charge on any atom is -0.394 e. The molecule has 23 heavy (non-hydrogen) atoms. The number of H-pyrrole nitrogens is 1. The third kappa shape index (κ3) is 2.18. The van der Waals surface area contributed by atoms with E-state index in [0.29, 0.717) is 0 Å². The van der Waals surface area contributed by atoms with E-state index in [0.717, 1.165) is 0 Å². The molecule has 4 atom stereocenters. The first kappa shape index (κ1) is 15.4. The van der Waals surface area contributed by atoms with E-state index in [1.165, 1.54) is 10.9 Å². The van der Waals surface area contributed by atoms with Gasteiger partial charge >= 0.3 is 0 Å². The van der Waals surface area contributed by atoms with Crippen molar-refractivity contribution in [3.05, 3.63) is 16.7 Å². The molecule has 1 aliphatic heterocycles. The number of rotatable bonds is 2. The van der Waals surface area contributed by atoms with E-state index in [1.54, 1.807) is 6.92 Å². The summed E-state index contributed by atoms with van der Waals surface area (Å²) in [7, 11) is 0. The lowest BCUT2D eigenvalue weighted by Gasteiger charge is -2.27. The molecule has 0 amide bonds. The molecule has 10 nitrogen and oxygen atoms in total. The number of fused-ring (bicyclic) bond motifs is 1. The maximum atomic E-state index is 11.9. The minimum atomic E-state index is -1.51. The molecular formula is C13H16N6O4. The fourth-order valence-corrected chi connectivity index (χ4v) is 2.71. The van der Waals surface area contributed by atoms with Crippen LogP contribution in [0.1, 0.15) is 13.2 Å². The Labute approximate surface area is 130 Å². The van der Waals surface area contributed by atoms with Crippen LogP contribution in [0.2, 0.25) is 0 Å². The van der Waals surface area contributed by atoms with Gasteiger partial charge in [-0.05, 0) is 6.92 Å². The van der Waals surface area contributed by atoms with Gasteiger partial charge in [-0.25, -0.2) is 4.98 Å². The van der Waals surface area contributed by atoms with Crippen molar-refractivity contribution in [2.24, 2.45) is 5.73 Å². The monoisotopic (exact) mass is 320 g/mol. The quantitative estimate of drug-likeness (QED) is 0.384. The van der Waals surface area contributed by atoms with E-state index < -0.39 is 36.1 Å². The van der Waals surface area contributed by atoms with Gasteiger partial charge in [-0.1, -0.05) is 5.92 Å². The smallest absolute Gasteiger partial charge is 0.280 e. The lowest BCUT2D eigenvalue weighted by Crippen LogP contribution is -2.53. The van der Waals surface area contributed by atoms with Crippen molar-refractivity contribution in [3.8, 4) is 11.8 Å². The molecule has 0 bridgehead atoms. The highest BCUT2D eigenvalue weighted by molar-refractivity contribution is 5.70. The summed E-state index contributed by atoms with van der Waals surface area (Å²) in [5.41, 5.74) is 9.98. The number of aromatic nitrogens is 4. The van der Waals surface area contributed by atoms with E-state index in [1.807, 2.05) is 0 Å². The SMILES string of the molecule is CC#CC1(N)[C@@H](O)[C@@H](CO)O[C@H]1n1cnc2c(=O)[nH]c(N)nc21. The molecule has 2 aromatic heterocycles. The summed E-state index contributed by atoms with van der Waals surface area (Å²) >= 11 is 0. The van der Waals surface area contributed by atoms with Crippen molar-refractivity contribution >= 4 is 17.1 Å². The summed E-state index contributed by atoms with van der Waals surface area (Å²) in [4.78, 5) is 22.2. The second-order valence-corrected chi connectivity index (χ2v) is 5.24. The average molecular weight is 320 g/mol.